The zero-order chi connectivity index (χ0) is 13.4. The molecule has 4 rings (SSSR count). The molecule has 4 heteroatoms. The maximum Gasteiger partial charge on any atom is 0.0702 e. The highest BCUT2D eigenvalue weighted by molar-refractivity contribution is 5.85. The quantitative estimate of drug-likeness (QED) is 0.925. The summed E-state index contributed by atoms with van der Waals surface area (Å²) < 4.78 is 0. The van der Waals surface area contributed by atoms with E-state index < -0.39 is 0 Å². The monoisotopic (exact) mass is 303 g/mol. The second-order valence-electron chi connectivity index (χ2n) is 6.42. The Morgan fingerprint density at radius 1 is 1.24 bits per heavy atom. The average Bonchev–Trinajstić information content (AvgIpc) is 3.09. The van der Waals surface area contributed by atoms with Crippen molar-refractivity contribution in [1.82, 2.24) is 15.2 Å². The van der Waals surface area contributed by atoms with Crippen LogP contribution in [0.15, 0.2) is 36.5 Å². The molecule has 0 aliphatic carbocycles. The third-order valence-electron chi connectivity index (χ3n) is 4.90. The molecule has 1 spiro atoms. The van der Waals surface area contributed by atoms with Crippen LogP contribution in [0.4, 0.5) is 0 Å². The maximum atomic E-state index is 4.57. The SMILES string of the molecule is Cl.c1ccc2ncc(CN3CCC4(CCNC4)C3)cc2c1. The molecule has 0 radical (unpaired) electrons. The van der Waals surface area contributed by atoms with Gasteiger partial charge in [0.1, 0.15) is 0 Å². The van der Waals surface area contributed by atoms with Crippen molar-refractivity contribution in [2.24, 2.45) is 5.41 Å². The molecule has 1 aromatic heterocycles. The van der Waals surface area contributed by atoms with Crippen LogP contribution < -0.4 is 5.32 Å². The summed E-state index contributed by atoms with van der Waals surface area (Å²) in [6, 6.07) is 10.7. The standard InChI is InChI=1S/C17H21N3.ClH/c1-2-4-16-15(3-1)9-14(10-19-16)11-20-8-6-17(13-20)5-7-18-12-17;/h1-4,9-10,18H,5-8,11-13H2;1H. The number of nitrogens with one attached hydrogen (secondary N) is 1. The van der Waals surface area contributed by atoms with Gasteiger partial charge in [0.2, 0.25) is 0 Å². The number of hydrogen-bond donors (Lipinski definition) is 1. The molecule has 112 valence electrons. The molecule has 1 atom stereocenters. The first-order valence-corrected chi connectivity index (χ1v) is 7.60. The topological polar surface area (TPSA) is 28.2 Å². The molecule has 0 bridgehead atoms. The van der Waals surface area contributed by atoms with Gasteiger partial charge in [0.05, 0.1) is 5.52 Å². The Morgan fingerprint density at radius 3 is 3.00 bits per heavy atom. The van der Waals surface area contributed by atoms with Gasteiger partial charge in [-0.25, -0.2) is 0 Å². The molecule has 1 N–H and O–H groups in total. The lowest BCUT2D eigenvalue weighted by Crippen LogP contribution is -2.28. The maximum absolute atomic E-state index is 4.57. The number of pyridine rings is 1. The van der Waals surface area contributed by atoms with Crippen LogP contribution in [0.2, 0.25) is 0 Å². The molecule has 1 aromatic carbocycles. The Bertz CT molecular complexity index is 622. The molecule has 0 amide bonds. The lowest BCUT2D eigenvalue weighted by Gasteiger charge is -2.22. The minimum absolute atomic E-state index is 0. The summed E-state index contributed by atoms with van der Waals surface area (Å²) in [6.45, 7) is 5.92. The normalized spacial score (nSPS) is 25.5. The van der Waals surface area contributed by atoms with Crippen molar-refractivity contribution < 1.29 is 0 Å². The lowest BCUT2D eigenvalue weighted by molar-refractivity contribution is 0.268. The van der Waals surface area contributed by atoms with Crippen molar-refractivity contribution in [3.05, 3.63) is 42.1 Å². The molecular formula is C17H22ClN3. The van der Waals surface area contributed by atoms with E-state index in [1.54, 1.807) is 0 Å². The van der Waals surface area contributed by atoms with Gasteiger partial charge in [-0.15, -0.1) is 12.4 Å². The van der Waals surface area contributed by atoms with Gasteiger partial charge in [-0.2, -0.15) is 0 Å². The molecule has 1 unspecified atom stereocenters. The van der Waals surface area contributed by atoms with Crippen molar-refractivity contribution >= 4 is 23.3 Å². The van der Waals surface area contributed by atoms with E-state index in [0.29, 0.717) is 5.41 Å². The van der Waals surface area contributed by atoms with E-state index in [1.165, 1.54) is 50.0 Å². The van der Waals surface area contributed by atoms with Crippen LogP contribution in [0.3, 0.4) is 0 Å². The van der Waals surface area contributed by atoms with Gasteiger partial charge in [-0.05, 0) is 49.0 Å². The van der Waals surface area contributed by atoms with E-state index in [2.05, 4.69) is 39.5 Å². The number of benzene rings is 1. The summed E-state index contributed by atoms with van der Waals surface area (Å²) in [5.74, 6) is 0. The first kappa shape index (κ1) is 14.8. The fourth-order valence-electron chi connectivity index (χ4n) is 3.77. The summed E-state index contributed by atoms with van der Waals surface area (Å²) in [6.07, 6.45) is 4.74. The van der Waals surface area contributed by atoms with Gasteiger partial charge in [0.25, 0.3) is 0 Å². The molecule has 21 heavy (non-hydrogen) atoms. The van der Waals surface area contributed by atoms with E-state index in [0.717, 1.165) is 12.1 Å². The van der Waals surface area contributed by atoms with Gasteiger partial charge in [0, 0.05) is 31.2 Å². The summed E-state index contributed by atoms with van der Waals surface area (Å²) in [4.78, 5) is 7.17. The zero-order valence-electron chi connectivity index (χ0n) is 12.2. The Balaban J connectivity index is 0.00000132. The van der Waals surface area contributed by atoms with Gasteiger partial charge in [0.15, 0.2) is 0 Å². The van der Waals surface area contributed by atoms with Crippen LogP contribution in [0.25, 0.3) is 10.9 Å². The van der Waals surface area contributed by atoms with Gasteiger partial charge >= 0.3 is 0 Å². The van der Waals surface area contributed by atoms with Crippen molar-refractivity contribution in [3.63, 3.8) is 0 Å². The highest BCUT2D eigenvalue weighted by Gasteiger charge is 2.39. The molecule has 3 nitrogen and oxygen atoms in total. The Morgan fingerprint density at radius 2 is 2.14 bits per heavy atom. The summed E-state index contributed by atoms with van der Waals surface area (Å²) in [5, 5.41) is 4.78. The Labute approximate surface area is 132 Å². The molecule has 3 heterocycles. The fourth-order valence-corrected chi connectivity index (χ4v) is 3.77. The minimum Gasteiger partial charge on any atom is -0.316 e. The van der Waals surface area contributed by atoms with E-state index in [4.69, 9.17) is 0 Å². The first-order chi connectivity index (χ1) is 9.83. The number of para-hydroxylation sites is 1. The number of likely N-dealkylation sites (tertiary alicyclic amines) is 1. The van der Waals surface area contributed by atoms with Crippen molar-refractivity contribution in [3.8, 4) is 0 Å². The number of aromatic nitrogens is 1. The van der Waals surface area contributed by atoms with Crippen LogP contribution in [-0.4, -0.2) is 36.1 Å². The van der Waals surface area contributed by atoms with Crippen molar-refractivity contribution in [1.29, 1.82) is 0 Å². The summed E-state index contributed by atoms with van der Waals surface area (Å²) >= 11 is 0. The number of fused-ring (bicyclic) bond motifs is 1. The molecule has 0 saturated carbocycles. The molecular weight excluding hydrogens is 282 g/mol. The van der Waals surface area contributed by atoms with Crippen molar-refractivity contribution in [2.45, 2.75) is 19.4 Å². The van der Waals surface area contributed by atoms with Crippen LogP contribution in [0, 0.1) is 5.41 Å². The minimum atomic E-state index is 0. The number of nitrogens with zero attached hydrogens (tertiary/aromatic N) is 2. The van der Waals surface area contributed by atoms with E-state index in [-0.39, 0.29) is 12.4 Å². The zero-order valence-corrected chi connectivity index (χ0v) is 13.0. The molecule has 2 aromatic rings. The number of rotatable bonds is 2. The summed E-state index contributed by atoms with van der Waals surface area (Å²) in [7, 11) is 0. The molecule has 2 aliphatic rings. The van der Waals surface area contributed by atoms with Crippen LogP contribution >= 0.6 is 12.4 Å². The molecule has 2 fully saturated rings. The van der Waals surface area contributed by atoms with Gasteiger partial charge < -0.3 is 5.32 Å². The lowest BCUT2D eigenvalue weighted by atomic mass is 9.87. The second kappa shape index (κ2) is 5.91. The van der Waals surface area contributed by atoms with E-state index in [9.17, 15) is 0 Å². The van der Waals surface area contributed by atoms with Gasteiger partial charge in [-0.1, -0.05) is 18.2 Å². The average molecular weight is 304 g/mol. The largest absolute Gasteiger partial charge is 0.316 e. The van der Waals surface area contributed by atoms with Crippen molar-refractivity contribution in [2.75, 3.05) is 26.2 Å². The third kappa shape index (κ3) is 2.91. The third-order valence-corrected chi connectivity index (χ3v) is 4.90. The number of halogens is 1. The Hall–Kier alpha value is -1.16. The van der Waals surface area contributed by atoms with E-state index in [1.807, 2.05) is 12.3 Å². The predicted molar refractivity (Wildman–Crippen MR) is 88.8 cm³/mol. The van der Waals surface area contributed by atoms with Crippen LogP contribution in [0.5, 0.6) is 0 Å². The highest BCUT2D eigenvalue weighted by atomic mass is 35.5. The Kier molecular flexibility index (Phi) is 4.16. The second-order valence-corrected chi connectivity index (χ2v) is 6.42. The fraction of sp³-hybridized carbons (Fsp3) is 0.471. The first-order valence-electron chi connectivity index (χ1n) is 7.60. The molecule has 2 aliphatic heterocycles. The predicted octanol–water partition coefficient (Wildman–Crippen LogP) is 2.84. The highest BCUT2D eigenvalue weighted by Crippen LogP contribution is 2.36. The smallest absolute Gasteiger partial charge is 0.0702 e. The number of hydrogen-bond acceptors (Lipinski definition) is 3. The van der Waals surface area contributed by atoms with Gasteiger partial charge in [-0.3, -0.25) is 9.88 Å². The van der Waals surface area contributed by atoms with E-state index >= 15 is 0 Å². The van der Waals surface area contributed by atoms with Crippen LogP contribution in [0.1, 0.15) is 18.4 Å². The molecule has 2 saturated heterocycles. The summed E-state index contributed by atoms with van der Waals surface area (Å²) in [5.41, 5.74) is 2.99. The van der Waals surface area contributed by atoms with Crippen LogP contribution in [-0.2, 0) is 6.54 Å².